The molecule has 1 aromatic heterocycles. The minimum absolute atomic E-state index is 0.0679. The molecular formula is C18H26N4O2. The largest absolute Gasteiger partial charge is 0.338 e. The number of hydrogen-bond acceptors (Lipinski definition) is 5. The van der Waals surface area contributed by atoms with Crippen LogP contribution in [0.5, 0.6) is 0 Å². The molecule has 1 atom stereocenters. The van der Waals surface area contributed by atoms with Crippen LogP contribution < -0.4 is 5.32 Å². The Balaban J connectivity index is 1.98. The van der Waals surface area contributed by atoms with Gasteiger partial charge in [0.25, 0.3) is 0 Å². The van der Waals surface area contributed by atoms with Crippen LogP contribution >= 0.6 is 0 Å². The maximum absolute atomic E-state index is 12.3. The third-order valence-electron chi connectivity index (χ3n) is 4.26. The number of aryl methyl sites for hydroxylation is 1. The molecule has 0 spiro atoms. The predicted octanol–water partition coefficient (Wildman–Crippen LogP) is 3.44. The minimum atomic E-state index is -0.130. The van der Waals surface area contributed by atoms with Gasteiger partial charge in [-0.25, -0.2) is 0 Å². The van der Waals surface area contributed by atoms with Crippen molar-refractivity contribution < 1.29 is 9.32 Å². The van der Waals surface area contributed by atoms with Crippen molar-refractivity contribution in [2.24, 2.45) is 0 Å². The van der Waals surface area contributed by atoms with E-state index in [-0.39, 0.29) is 24.4 Å². The summed E-state index contributed by atoms with van der Waals surface area (Å²) in [5, 5.41) is 6.94. The summed E-state index contributed by atoms with van der Waals surface area (Å²) in [4.78, 5) is 18.6. The Morgan fingerprint density at radius 2 is 2.00 bits per heavy atom. The second kappa shape index (κ2) is 7.57. The first kappa shape index (κ1) is 18.1. The molecule has 24 heavy (non-hydrogen) atoms. The Labute approximate surface area is 143 Å². The van der Waals surface area contributed by atoms with E-state index in [1.807, 2.05) is 64.8 Å². The Morgan fingerprint density at radius 1 is 1.29 bits per heavy atom. The van der Waals surface area contributed by atoms with Gasteiger partial charge in [-0.2, -0.15) is 4.98 Å². The molecule has 130 valence electrons. The number of hydrogen-bond donors (Lipinski definition) is 1. The predicted molar refractivity (Wildman–Crippen MR) is 94.0 cm³/mol. The van der Waals surface area contributed by atoms with Crippen LogP contribution in [0.25, 0.3) is 0 Å². The molecule has 0 saturated carbocycles. The zero-order chi connectivity index (χ0) is 17.9. The monoisotopic (exact) mass is 330 g/mol. The third kappa shape index (κ3) is 4.20. The maximum Gasteiger partial charge on any atom is 0.243 e. The molecule has 0 aliphatic carbocycles. The normalized spacial score (nSPS) is 12.7. The number of carbonyl (C=O) groups excluding carboxylic acids is 1. The minimum Gasteiger partial charge on any atom is -0.338 e. The van der Waals surface area contributed by atoms with Crippen molar-refractivity contribution in [2.75, 3.05) is 18.9 Å². The summed E-state index contributed by atoms with van der Waals surface area (Å²) in [6.07, 6.45) is 0. The first-order valence-electron chi connectivity index (χ1n) is 8.19. The van der Waals surface area contributed by atoms with Gasteiger partial charge in [-0.1, -0.05) is 31.1 Å². The average Bonchev–Trinajstić information content (AvgIpc) is 3.01. The van der Waals surface area contributed by atoms with E-state index in [1.165, 1.54) is 0 Å². The third-order valence-corrected chi connectivity index (χ3v) is 4.26. The molecular weight excluding hydrogens is 304 g/mol. The fraction of sp³-hybridized carbons (Fsp3) is 0.500. The standard InChI is InChI=1S/C18H26N4O2/c1-11(2)17-20-18(24-21-17)14(5)22(6)10-16(23)19-15-9-7-8-12(3)13(15)4/h7-9,11,14H,10H2,1-6H3,(H,19,23). The van der Waals surface area contributed by atoms with Crippen LogP contribution in [-0.2, 0) is 4.79 Å². The number of likely N-dealkylation sites (N-methyl/N-ethyl adjacent to an activating group) is 1. The van der Waals surface area contributed by atoms with Crippen LogP contribution in [0.4, 0.5) is 5.69 Å². The second-order valence-electron chi connectivity index (χ2n) is 6.53. The second-order valence-corrected chi connectivity index (χ2v) is 6.53. The summed E-state index contributed by atoms with van der Waals surface area (Å²) in [6, 6.07) is 5.75. The Hall–Kier alpha value is -2.21. The molecule has 0 fully saturated rings. The summed E-state index contributed by atoms with van der Waals surface area (Å²) in [5.41, 5.74) is 3.09. The molecule has 0 aliphatic heterocycles. The van der Waals surface area contributed by atoms with Gasteiger partial charge >= 0.3 is 0 Å². The quantitative estimate of drug-likeness (QED) is 0.878. The summed E-state index contributed by atoms with van der Waals surface area (Å²) in [7, 11) is 1.87. The number of rotatable bonds is 6. The molecule has 0 bridgehead atoms. The Morgan fingerprint density at radius 3 is 2.62 bits per heavy atom. The van der Waals surface area contributed by atoms with Gasteiger partial charge < -0.3 is 9.84 Å². The van der Waals surface area contributed by atoms with Crippen LogP contribution in [0, 0.1) is 13.8 Å². The zero-order valence-corrected chi connectivity index (χ0v) is 15.3. The SMILES string of the molecule is Cc1cccc(NC(=O)CN(C)C(C)c2nc(C(C)C)no2)c1C. The van der Waals surface area contributed by atoms with E-state index in [2.05, 4.69) is 15.5 Å². The lowest BCUT2D eigenvalue weighted by Crippen LogP contribution is -2.32. The van der Waals surface area contributed by atoms with Crippen molar-refractivity contribution in [3.8, 4) is 0 Å². The van der Waals surface area contributed by atoms with Gasteiger partial charge in [0.1, 0.15) is 0 Å². The van der Waals surface area contributed by atoms with Gasteiger partial charge in [0, 0.05) is 11.6 Å². The van der Waals surface area contributed by atoms with Crippen molar-refractivity contribution in [2.45, 2.75) is 46.6 Å². The van der Waals surface area contributed by atoms with Crippen LogP contribution in [-0.4, -0.2) is 34.5 Å². The number of aromatic nitrogens is 2. The van der Waals surface area contributed by atoms with Gasteiger partial charge in [0.2, 0.25) is 11.8 Å². The van der Waals surface area contributed by atoms with Crippen molar-refractivity contribution in [3.05, 3.63) is 41.0 Å². The smallest absolute Gasteiger partial charge is 0.243 e. The highest BCUT2D eigenvalue weighted by molar-refractivity contribution is 5.93. The molecule has 0 aliphatic rings. The molecule has 1 N–H and O–H groups in total. The van der Waals surface area contributed by atoms with E-state index in [0.717, 1.165) is 16.8 Å². The molecule has 1 heterocycles. The van der Waals surface area contributed by atoms with Crippen molar-refractivity contribution in [3.63, 3.8) is 0 Å². The van der Waals surface area contributed by atoms with Gasteiger partial charge in [-0.15, -0.1) is 0 Å². The highest BCUT2D eigenvalue weighted by Gasteiger charge is 2.21. The molecule has 1 aromatic carbocycles. The summed E-state index contributed by atoms with van der Waals surface area (Å²) < 4.78 is 5.31. The molecule has 6 heteroatoms. The molecule has 0 saturated heterocycles. The van der Waals surface area contributed by atoms with E-state index in [4.69, 9.17) is 4.52 Å². The first-order chi connectivity index (χ1) is 11.3. The van der Waals surface area contributed by atoms with Gasteiger partial charge in [0.15, 0.2) is 5.82 Å². The molecule has 2 rings (SSSR count). The van der Waals surface area contributed by atoms with Crippen molar-refractivity contribution in [1.82, 2.24) is 15.0 Å². The summed E-state index contributed by atoms with van der Waals surface area (Å²) in [5.74, 6) is 1.36. The molecule has 0 radical (unpaired) electrons. The molecule has 1 unspecified atom stereocenters. The number of anilines is 1. The summed E-state index contributed by atoms with van der Waals surface area (Å²) >= 11 is 0. The molecule has 2 aromatic rings. The zero-order valence-electron chi connectivity index (χ0n) is 15.3. The lowest BCUT2D eigenvalue weighted by molar-refractivity contribution is -0.117. The highest BCUT2D eigenvalue weighted by Crippen LogP contribution is 2.20. The van der Waals surface area contributed by atoms with Crippen LogP contribution in [0.2, 0.25) is 0 Å². The van der Waals surface area contributed by atoms with Gasteiger partial charge in [0.05, 0.1) is 12.6 Å². The number of nitrogens with one attached hydrogen (secondary N) is 1. The van der Waals surface area contributed by atoms with Crippen LogP contribution in [0.3, 0.4) is 0 Å². The number of amides is 1. The van der Waals surface area contributed by atoms with E-state index < -0.39 is 0 Å². The van der Waals surface area contributed by atoms with Crippen molar-refractivity contribution >= 4 is 11.6 Å². The number of carbonyl (C=O) groups is 1. The van der Waals surface area contributed by atoms with Crippen molar-refractivity contribution in [1.29, 1.82) is 0 Å². The summed E-state index contributed by atoms with van der Waals surface area (Å²) in [6.45, 7) is 10.3. The van der Waals surface area contributed by atoms with E-state index >= 15 is 0 Å². The van der Waals surface area contributed by atoms with E-state index in [9.17, 15) is 4.79 Å². The fourth-order valence-electron chi connectivity index (χ4n) is 2.28. The number of nitrogens with zero attached hydrogens (tertiary/aromatic N) is 3. The van der Waals surface area contributed by atoms with Crippen LogP contribution in [0.1, 0.15) is 55.6 Å². The molecule has 6 nitrogen and oxygen atoms in total. The number of benzene rings is 1. The topological polar surface area (TPSA) is 71.3 Å². The first-order valence-corrected chi connectivity index (χ1v) is 8.19. The lowest BCUT2D eigenvalue weighted by atomic mass is 10.1. The fourth-order valence-corrected chi connectivity index (χ4v) is 2.28. The molecule has 1 amide bonds. The van der Waals surface area contributed by atoms with Crippen LogP contribution in [0.15, 0.2) is 22.7 Å². The van der Waals surface area contributed by atoms with E-state index in [0.29, 0.717) is 11.7 Å². The highest BCUT2D eigenvalue weighted by atomic mass is 16.5. The Kier molecular flexibility index (Phi) is 5.72. The van der Waals surface area contributed by atoms with Gasteiger partial charge in [-0.3, -0.25) is 9.69 Å². The lowest BCUT2D eigenvalue weighted by Gasteiger charge is -2.21. The average molecular weight is 330 g/mol. The maximum atomic E-state index is 12.3. The van der Waals surface area contributed by atoms with Gasteiger partial charge in [-0.05, 0) is 45.0 Å². The Bertz CT molecular complexity index is 709. The van der Waals surface area contributed by atoms with E-state index in [1.54, 1.807) is 0 Å².